The third-order valence-corrected chi connectivity index (χ3v) is 9.33. The number of carbonyl (C=O) groups is 2. The number of pyridine rings is 1. The summed E-state index contributed by atoms with van der Waals surface area (Å²) in [7, 11) is 4.30. The van der Waals surface area contributed by atoms with Crippen molar-refractivity contribution in [2.45, 2.75) is 44.7 Å². The fourth-order valence-corrected chi connectivity index (χ4v) is 6.71. The maximum atomic E-state index is 15.3. The van der Waals surface area contributed by atoms with Crippen LogP contribution < -0.4 is 31.9 Å². The van der Waals surface area contributed by atoms with Gasteiger partial charge in [0.25, 0.3) is 11.5 Å². The Bertz CT molecular complexity index is 2060. The van der Waals surface area contributed by atoms with Crippen molar-refractivity contribution in [3.63, 3.8) is 0 Å². The van der Waals surface area contributed by atoms with Crippen LogP contribution in [-0.4, -0.2) is 45.6 Å². The van der Waals surface area contributed by atoms with E-state index < -0.39 is 23.0 Å². The molecule has 2 aromatic carbocycles. The van der Waals surface area contributed by atoms with Crippen LogP contribution in [0.1, 0.15) is 52.4 Å². The van der Waals surface area contributed by atoms with Crippen molar-refractivity contribution in [3.8, 4) is 28.3 Å². The number of benzene rings is 2. The minimum absolute atomic E-state index is 0.000835. The smallest absolute Gasteiger partial charge is 0.330 e. The molecule has 2 atom stereocenters. The molecule has 0 saturated carbocycles. The van der Waals surface area contributed by atoms with Crippen LogP contribution in [0.3, 0.4) is 0 Å². The highest BCUT2D eigenvalue weighted by Gasteiger charge is 2.30. The lowest BCUT2D eigenvalue weighted by molar-refractivity contribution is -0.119. The van der Waals surface area contributed by atoms with Gasteiger partial charge in [-0.05, 0) is 67.1 Å². The van der Waals surface area contributed by atoms with Crippen molar-refractivity contribution in [2.75, 3.05) is 19.0 Å². The van der Waals surface area contributed by atoms with E-state index in [9.17, 15) is 19.2 Å². The summed E-state index contributed by atoms with van der Waals surface area (Å²) >= 11 is 7.00. The number of fused-ring (bicyclic) bond motifs is 1. The van der Waals surface area contributed by atoms with E-state index in [1.54, 1.807) is 32.2 Å². The number of hydrogen-bond acceptors (Lipinski definition) is 7. The molecular formula is C34H34ClFN6O5. The summed E-state index contributed by atoms with van der Waals surface area (Å²) < 4.78 is 23.0. The Labute approximate surface area is 274 Å². The Balaban J connectivity index is 1.32. The molecule has 4 aromatic rings. The summed E-state index contributed by atoms with van der Waals surface area (Å²) in [6.07, 6.45) is 4.11. The van der Waals surface area contributed by atoms with Gasteiger partial charge in [-0.25, -0.2) is 14.2 Å². The predicted molar refractivity (Wildman–Crippen MR) is 176 cm³/mol. The van der Waals surface area contributed by atoms with Gasteiger partial charge in [-0.15, -0.1) is 0 Å². The van der Waals surface area contributed by atoms with Crippen molar-refractivity contribution in [2.24, 2.45) is 14.1 Å². The summed E-state index contributed by atoms with van der Waals surface area (Å²) in [5.41, 5.74) is 3.27. The number of aryl methyl sites for hydroxylation is 2. The Morgan fingerprint density at radius 3 is 2.60 bits per heavy atom. The van der Waals surface area contributed by atoms with E-state index in [-0.39, 0.29) is 28.6 Å². The second kappa shape index (κ2) is 12.8. The molecule has 1 aliphatic heterocycles. The summed E-state index contributed by atoms with van der Waals surface area (Å²) in [6.45, 7) is 2.39. The number of ether oxygens (including phenoxy) is 1. The first-order valence-electron chi connectivity index (χ1n) is 15.2. The van der Waals surface area contributed by atoms with Crippen molar-refractivity contribution in [1.29, 1.82) is 0 Å². The summed E-state index contributed by atoms with van der Waals surface area (Å²) in [5, 5.41) is 9.54. The van der Waals surface area contributed by atoms with Gasteiger partial charge in [0.1, 0.15) is 11.4 Å². The maximum Gasteiger partial charge on any atom is 0.330 e. The molecule has 13 heteroatoms. The Kier molecular flexibility index (Phi) is 8.73. The van der Waals surface area contributed by atoms with Gasteiger partial charge in [-0.3, -0.25) is 19.0 Å². The average molecular weight is 661 g/mol. The lowest BCUT2D eigenvalue weighted by Gasteiger charge is -2.20. The molecular weight excluding hydrogens is 627 g/mol. The molecule has 3 N–H and O–H groups in total. The fraction of sp³-hybridized carbons (Fsp3) is 0.324. The van der Waals surface area contributed by atoms with Gasteiger partial charge in [-0.2, -0.15) is 0 Å². The number of carbonyl (C=O) groups excluding carboxylic acids is 2. The molecule has 0 radical (unpaired) electrons. The number of aromatic nitrogens is 3. The first-order chi connectivity index (χ1) is 22.5. The minimum atomic E-state index is -0.723. The normalized spacial score (nSPS) is 17.0. The lowest BCUT2D eigenvalue weighted by Crippen LogP contribution is -2.40. The van der Waals surface area contributed by atoms with Crippen molar-refractivity contribution >= 4 is 29.1 Å². The van der Waals surface area contributed by atoms with Crippen molar-refractivity contribution < 1.29 is 18.7 Å². The third-order valence-electron chi connectivity index (χ3n) is 8.93. The van der Waals surface area contributed by atoms with Gasteiger partial charge in [0.2, 0.25) is 11.8 Å². The molecule has 47 heavy (non-hydrogen) atoms. The van der Waals surface area contributed by atoms with E-state index in [0.717, 1.165) is 39.5 Å². The first-order valence-corrected chi connectivity index (χ1v) is 15.6. The van der Waals surface area contributed by atoms with Crippen LogP contribution in [-0.2, 0) is 25.3 Å². The van der Waals surface area contributed by atoms with Crippen LogP contribution in [0.5, 0.6) is 5.88 Å². The number of amides is 2. The van der Waals surface area contributed by atoms with Crippen LogP contribution in [0.2, 0.25) is 5.02 Å². The Morgan fingerprint density at radius 2 is 1.87 bits per heavy atom. The Morgan fingerprint density at radius 1 is 1.11 bits per heavy atom. The Hall–Kier alpha value is -4.81. The van der Waals surface area contributed by atoms with Crippen molar-refractivity contribution in [3.05, 3.63) is 96.5 Å². The summed E-state index contributed by atoms with van der Waals surface area (Å²) in [5.74, 6) is -0.724. The van der Waals surface area contributed by atoms with Crippen LogP contribution in [0.15, 0.2) is 52.2 Å². The van der Waals surface area contributed by atoms with Crippen LogP contribution in [0.4, 0.5) is 10.1 Å². The number of hydrogen-bond donors (Lipinski definition) is 3. The monoisotopic (exact) mass is 660 g/mol. The standard InChI is InChI=1S/C34H34ClFN6O5/c1-17-21(6-5-7-25(17)39-31(44)24-16-41(2)34(46)42(3)33(24)45)22-13-19(36)14-23(30(22)35)27-12-18-8-10-26(29(18)32(40-27)47-4)37-15-20-9-11-28(43)38-20/h5-7,12-14,16,20,26,37H,8-11,15H2,1-4H3,(H,38,43)(H,39,44). The van der Waals surface area contributed by atoms with Crippen LogP contribution in [0, 0.1) is 12.7 Å². The fourth-order valence-electron chi connectivity index (χ4n) is 6.41. The predicted octanol–water partition coefficient (Wildman–Crippen LogP) is 4.03. The second-order valence-corrected chi connectivity index (χ2v) is 12.3. The minimum Gasteiger partial charge on any atom is -0.481 e. The second-order valence-electron chi connectivity index (χ2n) is 11.9. The zero-order chi connectivity index (χ0) is 33.6. The zero-order valence-corrected chi connectivity index (χ0v) is 27.1. The third kappa shape index (κ3) is 6.06. The molecule has 1 aliphatic carbocycles. The zero-order valence-electron chi connectivity index (χ0n) is 26.4. The molecule has 2 amide bonds. The quantitative estimate of drug-likeness (QED) is 0.260. The summed E-state index contributed by atoms with van der Waals surface area (Å²) in [4.78, 5) is 54.2. The summed E-state index contributed by atoms with van der Waals surface area (Å²) in [6, 6.07) is 9.79. The number of rotatable bonds is 8. The number of nitrogens with one attached hydrogen (secondary N) is 3. The van der Waals surface area contributed by atoms with Crippen LogP contribution in [0.25, 0.3) is 22.4 Å². The highest BCUT2D eigenvalue weighted by molar-refractivity contribution is 6.36. The first kappa shape index (κ1) is 32.1. The largest absolute Gasteiger partial charge is 0.481 e. The van der Waals surface area contributed by atoms with Gasteiger partial charge >= 0.3 is 5.69 Å². The number of methoxy groups -OCH3 is 1. The van der Waals surface area contributed by atoms with Gasteiger partial charge in [0.05, 0.1) is 17.8 Å². The highest BCUT2D eigenvalue weighted by atomic mass is 35.5. The molecule has 11 nitrogen and oxygen atoms in total. The molecule has 0 bridgehead atoms. The molecule has 6 rings (SSSR count). The van der Waals surface area contributed by atoms with E-state index in [2.05, 4.69) is 16.0 Å². The maximum absolute atomic E-state index is 15.3. The molecule has 0 spiro atoms. The van der Waals surface area contributed by atoms with E-state index in [1.165, 1.54) is 32.4 Å². The van der Waals surface area contributed by atoms with Gasteiger partial charge in [0, 0.05) is 67.7 Å². The molecule has 2 aliphatic rings. The molecule has 2 unspecified atom stereocenters. The van der Waals surface area contributed by atoms with E-state index in [4.69, 9.17) is 21.3 Å². The molecule has 1 fully saturated rings. The van der Waals surface area contributed by atoms with Gasteiger partial charge in [0.15, 0.2) is 0 Å². The van der Waals surface area contributed by atoms with Crippen LogP contribution >= 0.6 is 11.6 Å². The average Bonchev–Trinajstić information content (AvgIpc) is 3.67. The SMILES string of the molecule is COc1nc(-c2cc(F)cc(-c3cccc(NC(=O)c4cn(C)c(=O)n(C)c4=O)c3C)c2Cl)cc2c1C(NCC1CCC(=O)N1)CC2. The molecule has 3 heterocycles. The number of halogens is 2. The van der Waals surface area contributed by atoms with Gasteiger partial charge < -0.3 is 25.3 Å². The number of nitrogens with zero attached hydrogens (tertiary/aromatic N) is 3. The van der Waals surface area contributed by atoms with Gasteiger partial charge in [-0.1, -0.05) is 23.7 Å². The van der Waals surface area contributed by atoms with E-state index >= 15 is 4.39 Å². The topological polar surface area (TPSA) is 136 Å². The number of anilines is 1. The molecule has 244 valence electrons. The highest BCUT2D eigenvalue weighted by Crippen LogP contribution is 2.43. The van der Waals surface area contributed by atoms with E-state index in [0.29, 0.717) is 52.5 Å². The van der Waals surface area contributed by atoms with Crippen molar-refractivity contribution in [1.82, 2.24) is 24.8 Å². The lowest BCUT2D eigenvalue weighted by atomic mass is 9.95. The molecule has 1 saturated heterocycles. The van der Waals surface area contributed by atoms with E-state index in [1.807, 2.05) is 6.07 Å². The molecule has 2 aromatic heterocycles.